The Labute approximate surface area is 149 Å². The molecule has 2 aromatic rings. The molecule has 0 unspecified atom stereocenters. The van der Waals surface area contributed by atoms with Gasteiger partial charge in [-0.3, -0.25) is 18.7 Å². The zero-order valence-electron chi connectivity index (χ0n) is 14.8. The molecule has 1 aliphatic carbocycles. The van der Waals surface area contributed by atoms with Crippen molar-refractivity contribution in [1.82, 2.24) is 9.13 Å². The fourth-order valence-electron chi connectivity index (χ4n) is 3.07. The molecule has 0 aliphatic heterocycles. The van der Waals surface area contributed by atoms with Crippen LogP contribution in [-0.4, -0.2) is 27.4 Å². The van der Waals surface area contributed by atoms with E-state index in [1.807, 2.05) is 30.3 Å². The highest BCUT2D eigenvalue weighted by Gasteiger charge is 2.56. The van der Waals surface area contributed by atoms with Crippen LogP contribution in [0.4, 0.5) is 4.39 Å². The SMILES string of the molecule is CC(=O)OC[C@H]1C[C@@]1(F)Cn1cc(C)c(=O)n(Cc2ccccc2)c1=O. The number of aryl methyl sites for hydroxylation is 1. The predicted octanol–water partition coefficient (Wildman–Crippen LogP) is 1.66. The largest absolute Gasteiger partial charge is 0.465 e. The van der Waals surface area contributed by atoms with Gasteiger partial charge in [-0.25, -0.2) is 9.18 Å². The number of rotatable bonds is 6. The zero-order chi connectivity index (χ0) is 18.9. The number of carbonyl (C=O) groups excluding carboxylic acids is 1. The average molecular weight is 360 g/mol. The lowest BCUT2D eigenvalue weighted by atomic mass is 10.2. The number of ether oxygens (including phenoxy) is 1. The molecule has 0 amide bonds. The summed E-state index contributed by atoms with van der Waals surface area (Å²) in [6.45, 7) is 2.86. The second-order valence-electron chi connectivity index (χ2n) is 6.84. The number of halogens is 1. The minimum Gasteiger partial charge on any atom is -0.465 e. The van der Waals surface area contributed by atoms with Crippen LogP contribution in [0.1, 0.15) is 24.5 Å². The Morgan fingerprint density at radius 3 is 2.65 bits per heavy atom. The first kappa shape index (κ1) is 18.1. The van der Waals surface area contributed by atoms with Crippen LogP contribution in [0.2, 0.25) is 0 Å². The van der Waals surface area contributed by atoms with E-state index >= 15 is 0 Å². The summed E-state index contributed by atoms with van der Waals surface area (Å²) in [6, 6.07) is 9.16. The van der Waals surface area contributed by atoms with E-state index < -0.39 is 23.2 Å². The third kappa shape index (κ3) is 3.76. The second kappa shape index (κ2) is 6.90. The van der Waals surface area contributed by atoms with Crippen molar-refractivity contribution in [3.8, 4) is 0 Å². The van der Waals surface area contributed by atoms with Crippen LogP contribution in [0, 0.1) is 12.8 Å². The van der Waals surface area contributed by atoms with Crippen LogP contribution in [-0.2, 0) is 22.6 Å². The standard InChI is InChI=1S/C19H21FN2O4/c1-13-9-21(12-19(20)8-16(19)11-26-14(2)23)18(25)22(17(13)24)10-15-6-4-3-5-7-15/h3-7,9,16H,8,10-12H2,1-2H3/t16-,19-/m1/s1. The number of nitrogens with zero attached hydrogens (tertiary/aromatic N) is 2. The van der Waals surface area contributed by atoms with E-state index in [1.54, 1.807) is 6.92 Å². The van der Waals surface area contributed by atoms with Gasteiger partial charge in [0, 0.05) is 24.6 Å². The molecule has 7 heteroatoms. The third-order valence-corrected chi connectivity index (χ3v) is 4.67. The van der Waals surface area contributed by atoms with E-state index in [0.29, 0.717) is 5.56 Å². The lowest BCUT2D eigenvalue weighted by Gasteiger charge is -2.14. The second-order valence-corrected chi connectivity index (χ2v) is 6.84. The normalized spacial score (nSPS) is 21.4. The smallest absolute Gasteiger partial charge is 0.331 e. The van der Waals surface area contributed by atoms with Crippen LogP contribution in [0.5, 0.6) is 0 Å². The summed E-state index contributed by atoms with van der Waals surface area (Å²) in [5, 5.41) is 0. The van der Waals surface area contributed by atoms with Gasteiger partial charge in [0.1, 0.15) is 5.67 Å². The number of benzene rings is 1. The minimum atomic E-state index is -1.60. The molecule has 26 heavy (non-hydrogen) atoms. The third-order valence-electron chi connectivity index (χ3n) is 4.67. The van der Waals surface area contributed by atoms with Crippen LogP contribution >= 0.6 is 0 Å². The van der Waals surface area contributed by atoms with Crippen molar-refractivity contribution in [2.24, 2.45) is 5.92 Å². The lowest BCUT2D eigenvalue weighted by Crippen LogP contribution is -2.42. The molecule has 0 bridgehead atoms. The van der Waals surface area contributed by atoms with Gasteiger partial charge in [0.05, 0.1) is 19.7 Å². The monoisotopic (exact) mass is 360 g/mol. The van der Waals surface area contributed by atoms with E-state index in [9.17, 15) is 18.8 Å². The average Bonchev–Trinajstić information content (AvgIpc) is 3.25. The van der Waals surface area contributed by atoms with Crippen LogP contribution < -0.4 is 11.2 Å². The molecular weight excluding hydrogens is 339 g/mol. The molecule has 6 nitrogen and oxygen atoms in total. The minimum absolute atomic E-state index is 0.00319. The van der Waals surface area contributed by atoms with Gasteiger partial charge >= 0.3 is 11.7 Å². The van der Waals surface area contributed by atoms with Gasteiger partial charge in [0.2, 0.25) is 0 Å². The molecule has 1 aromatic carbocycles. The number of carbonyl (C=O) groups is 1. The highest BCUT2D eigenvalue weighted by atomic mass is 19.1. The molecule has 0 N–H and O–H groups in total. The highest BCUT2D eigenvalue weighted by molar-refractivity contribution is 5.65. The van der Waals surface area contributed by atoms with E-state index in [0.717, 1.165) is 10.1 Å². The Hall–Kier alpha value is -2.70. The van der Waals surface area contributed by atoms with E-state index in [4.69, 9.17) is 4.74 Å². The van der Waals surface area contributed by atoms with Crippen LogP contribution in [0.3, 0.4) is 0 Å². The summed E-state index contributed by atoms with van der Waals surface area (Å²) >= 11 is 0. The number of aromatic nitrogens is 2. The molecule has 138 valence electrons. The Balaban J connectivity index is 1.84. The molecule has 0 saturated heterocycles. The maximum Gasteiger partial charge on any atom is 0.331 e. The van der Waals surface area contributed by atoms with Gasteiger partial charge < -0.3 is 4.74 Å². The molecule has 1 saturated carbocycles. The maximum atomic E-state index is 14.8. The molecule has 1 aromatic heterocycles. The van der Waals surface area contributed by atoms with Crippen LogP contribution in [0.15, 0.2) is 46.1 Å². The van der Waals surface area contributed by atoms with Crippen LogP contribution in [0.25, 0.3) is 0 Å². The Morgan fingerprint density at radius 2 is 2.00 bits per heavy atom. The molecule has 0 spiro atoms. The van der Waals surface area contributed by atoms with Crippen molar-refractivity contribution in [3.63, 3.8) is 0 Å². The number of alkyl halides is 1. The van der Waals surface area contributed by atoms with Crippen molar-refractivity contribution < 1.29 is 13.9 Å². The Bertz CT molecular complexity index is 935. The Kier molecular flexibility index (Phi) is 4.80. The van der Waals surface area contributed by atoms with Gasteiger partial charge in [0.15, 0.2) is 0 Å². The number of esters is 1. The fourth-order valence-corrected chi connectivity index (χ4v) is 3.07. The molecular formula is C19H21FN2O4. The fraction of sp³-hybridized carbons (Fsp3) is 0.421. The van der Waals surface area contributed by atoms with Gasteiger partial charge in [-0.1, -0.05) is 30.3 Å². The highest BCUT2D eigenvalue weighted by Crippen LogP contribution is 2.48. The zero-order valence-corrected chi connectivity index (χ0v) is 14.8. The summed E-state index contributed by atoms with van der Waals surface area (Å²) in [7, 11) is 0. The van der Waals surface area contributed by atoms with Crippen molar-refractivity contribution in [2.45, 2.75) is 39.0 Å². The predicted molar refractivity (Wildman–Crippen MR) is 93.8 cm³/mol. The first-order chi connectivity index (χ1) is 12.3. The number of hydrogen-bond donors (Lipinski definition) is 0. The van der Waals surface area contributed by atoms with Gasteiger partial charge in [0.25, 0.3) is 5.56 Å². The van der Waals surface area contributed by atoms with E-state index in [2.05, 4.69) is 0 Å². The summed E-state index contributed by atoms with van der Waals surface area (Å²) in [5.74, 6) is -0.878. The molecule has 1 fully saturated rings. The van der Waals surface area contributed by atoms with Crippen molar-refractivity contribution in [2.75, 3.05) is 6.61 Å². The summed E-state index contributed by atoms with van der Waals surface area (Å²) in [6.07, 6.45) is 1.62. The molecule has 1 heterocycles. The van der Waals surface area contributed by atoms with Crippen molar-refractivity contribution in [1.29, 1.82) is 0 Å². The summed E-state index contributed by atoms with van der Waals surface area (Å²) in [5.41, 5.74) is -1.32. The van der Waals surface area contributed by atoms with Gasteiger partial charge in [-0.2, -0.15) is 0 Å². The number of hydrogen-bond acceptors (Lipinski definition) is 4. The van der Waals surface area contributed by atoms with E-state index in [1.165, 1.54) is 17.7 Å². The first-order valence-electron chi connectivity index (χ1n) is 8.47. The molecule has 1 aliphatic rings. The lowest BCUT2D eigenvalue weighted by molar-refractivity contribution is -0.141. The molecule has 3 rings (SSSR count). The first-order valence-corrected chi connectivity index (χ1v) is 8.47. The van der Waals surface area contributed by atoms with Gasteiger partial charge in [-0.15, -0.1) is 0 Å². The topological polar surface area (TPSA) is 70.3 Å². The molecule has 0 radical (unpaired) electrons. The maximum absolute atomic E-state index is 14.8. The van der Waals surface area contributed by atoms with Gasteiger partial charge in [-0.05, 0) is 18.9 Å². The summed E-state index contributed by atoms with van der Waals surface area (Å²) < 4.78 is 22.1. The quantitative estimate of drug-likeness (QED) is 0.735. The van der Waals surface area contributed by atoms with E-state index in [-0.39, 0.29) is 31.7 Å². The Morgan fingerprint density at radius 1 is 1.31 bits per heavy atom. The summed E-state index contributed by atoms with van der Waals surface area (Å²) in [4.78, 5) is 35.9. The van der Waals surface area contributed by atoms with Crippen molar-refractivity contribution >= 4 is 5.97 Å². The molecule has 2 atom stereocenters. The van der Waals surface area contributed by atoms with Crippen molar-refractivity contribution in [3.05, 3.63) is 68.5 Å².